The normalized spacial score (nSPS) is 19.8. The molecule has 5 heteroatoms. The average molecular weight is 364 g/mol. The van der Waals surface area contributed by atoms with Crippen LogP contribution in [-0.2, 0) is 11.3 Å². The first kappa shape index (κ1) is 13.5. The van der Waals surface area contributed by atoms with Crippen LogP contribution in [0.25, 0.3) is 0 Å². The molecule has 1 aromatic rings. The van der Waals surface area contributed by atoms with Gasteiger partial charge in [-0.3, -0.25) is 4.98 Å². The van der Waals surface area contributed by atoms with E-state index in [1.807, 2.05) is 12.3 Å². The van der Waals surface area contributed by atoms with E-state index in [0.717, 1.165) is 40.8 Å². The van der Waals surface area contributed by atoms with Gasteiger partial charge in [0.15, 0.2) is 0 Å². The fraction of sp³-hybridized carbons (Fsp3) is 0.583. The molecule has 17 heavy (non-hydrogen) atoms. The van der Waals surface area contributed by atoms with Gasteiger partial charge in [-0.05, 0) is 63.7 Å². The van der Waals surface area contributed by atoms with E-state index in [0.29, 0.717) is 6.10 Å². The molecule has 1 fully saturated rings. The molecule has 0 bridgehead atoms. The highest BCUT2D eigenvalue weighted by Crippen LogP contribution is 2.19. The van der Waals surface area contributed by atoms with Crippen molar-refractivity contribution in [3.63, 3.8) is 0 Å². The van der Waals surface area contributed by atoms with Crippen LogP contribution in [0.5, 0.6) is 0 Å². The summed E-state index contributed by atoms with van der Waals surface area (Å²) in [4.78, 5) is 4.36. The lowest BCUT2D eigenvalue weighted by Gasteiger charge is -2.10. The number of pyridine rings is 1. The molecule has 1 aliphatic rings. The Morgan fingerprint density at radius 1 is 1.47 bits per heavy atom. The van der Waals surface area contributed by atoms with Gasteiger partial charge in [-0.25, -0.2) is 0 Å². The molecule has 1 aromatic heterocycles. The van der Waals surface area contributed by atoms with Gasteiger partial charge in [0.25, 0.3) is 0 Å². The minimum Gasteiger partial charge on any atom is -0.378 e. The van der Waals surface area contributed by atoms with E-state index in [1.165, 1.54) is 12.8 Å². The number of nitrogens with zero attached hydrogens (tertiary/aromatic N) is 1. The predicted octanol–water partition coefficient (Wildman–Crippen LogP) is 3.27. The fourth-order valence-corrected chi connectivity index (χ4v) is 3.04. The molecule has 1 saturated heterocycles. The third-order valence-electron chi connectivity index (χ3n) is 2.84. The standard InChI is InChI=1S/C12H16Br2N2O/c13-9-6-11(14)12(16-7-9)8-15-4-3-10-2-1-5-17-10/h6-7,10,15H,1-5,8H2. The highest BCUT2D eigenvalue weighted by atomic mass is 79.9. The lowest BCUT2D eigenvalue weighted by atomic mass is 10.2. The van der Waals surface area contributed by atoms with Gasteiger partial charge in [-0.1, -0.05) is 0 Å². The van der Waals surface area contributed by atoms with E-state index in [-0.39, 0.29) is 0 Å². The molecule has 1 unspecified atom stereocenters. The van der Waals surface area contributed by atoms with Crippen LogP contribution in [0.2, 0.25) is 0 Å². The zero-order chi connectivity index (χ0) is 12.1. The summed E-state index contributed by atoms with van der Waals surface area (Å²) < 4.78 is 7.61. The second-order valence-corrected chi connectivity index (χ2v) is 5.95. The smallest absolute Gasteiger partial charge is 0.0684 e. The maximum absolute atomic E-state index is 5.57. The second-order valence-electron chi connectivity index (χ2n) is 4.18. The second kappa shape index (κ2) is 6.83. The minimum atomic E-state index is 0.462. The first-order valence-electron chi connectivity index (χ1n) is 5.88. The largest absolute Gasteiger partial charge is 0.378 e. The third kappa shape index (κ3) is 4.32. The highest BCUT2D eigenvalue weighted by molar-refractivity contribution is 9.11. The van der Waals surface area contributed by atoms with Crippen molar-refractivity contribution in [2.24, 2.45) is 0 Å². The van der Waals surface area contributed by atoms with Crippen molar-refractivity contribution in [1.82, 2.24) is 10.3 Å². The van der Waals surface area contributed by atoms with Gasteiger partial charge in [0.05, 0.1) is 11.8 Å². The lowest BCUT2D eigenvalue weighted by molar-refractivity contribution is 0.104. The SMILES string of the molecule is Brc1cnc(CNCCC2CCCO2)c(Br)c1. The van der Waals surface area contributed by atoms with Crippen LogP contribution in [0.4, 0.5) is 0 Å². The van der Waals surface area contributed by atoms with E-state index >= 15 is 0 Å². The molecule has 1 atom stereocenters. The molecule has 1 N–H and O–H groups in total. The van der Waals surface area contributed by atoms with E-state index < -0.39 is 0 Å². The molecule has 2 rings (SSSR count). The number of ether oxygens (including phenoxy) is 1. The molecular weight excluding hydrogens is 348 g/mol. The molecule has 2 heterocycles. The fourth-order valence-electron chi connectivity index (χ4n) is 1.91. The van der Waals surface area contributed by atoms with Crippen molar-refractivity contribution in [2.45, 2.75) is 31.9 Å². The summed E-state index contributed by atoms with van der Waals surface area (Å²) in [6.07, 6.45) is 5.80. The topological polar surface area (TPSA) is 34.2 Å². The Labute approximate surface area is 119 Å². The van der Waals surface area contributed by atoms with Crippen LogP contribution >= 0.6 is 31.9 Å². The third-order valence-corrected chi connectivity index (χ3v) is 3.96. The number of hydrogen-bond acceptors (Lipinski definition) is 3. The van der Waals surface area contributed by atoms with Gasteiger partial charge in [0.1, 0.15) is 0 Å². The Bertz CT molecular complexity index is 368. The zero-order valence-electron chi connectivity index (χ0n) is 9.59. The Balaban J connectivity index is 1.70. The van der Waals surface area contributed by atoms with Crippen molar-refractivity contribution < 1.29 is 4.74 Å². The number of aromatic nitrogens is 1. The van der Waals surface area contributed by atoms with Gasteiger partial charge in [-0.15, -0.1) is 0 Å². The Morgan fingerprint density at radius 3 is 3.06 bits per heavy atom. The van der Waals surface area contributed by atoms with Gasteiger partial charge in [0.2, 0.25) is 0 Å². The monoisotopic (exact) mass is 362 g/mol. The number of hydrogen-bond donors (Lipinski definition) is 1. The van der Waals surface area contributed by atoms with Crippen LogP contribution in [0, 0.1) is 0 Å². The van der Waals surface area contributed by atoms with Crippen molar-refractivity contribution in [3.05, 3.63) is 26.9 Å². The van der Waals surface area contributed by atoms with Gasteiger partial charge in [-0.2, -0.15) is 0 Å². The van der Waals surface area contributed by atoms with E-state index in [1.54, 1.807) is 0 Å². The van der Waals surface area contributed by atoms with Gasteiger partial charge in [0, 0.05) is 28.3 Å². The van der Waals surface area contributed by atoms with Gasteiger partial charge >= 0.3 is 0 Å². The zero-order valence-corrected chi connectivity index (χ0v) is 12.8. The number of halogens is 2. The highest BCUT2D eigenvalue weighted by Gasteiger charge is 2.14. The number of rotatable bonds is 5. The maximum atomic E-state index is 5.57. The summed E-state index contributed by atoms with van der Waals surface area (Å²) in [6, 6.07) is 2.02. The molecule has 0 aliphatic carbocycles. The Hall–Kier alpha value is 0.0300. The lowest BCUT2D eigenvalue weighted by Crippen LogP contribution is -2.20. The molecule has 0 spiro atoms. The summed E-state index contributed by atoms with van der Waals surface area (Å²) in [5.41, 5.74) is 1.04. The van der Waals surface area contributed by atoms with Crippen LogP contribution in [-0.4, -0.2) is 24.2 Å². The van der Waals surface area contributed by atoms with Crippen molar-refractivity contribution in [1.29, 1.82) is 0 Å². The molecule has 0 saturated carbocycles. The van der Waals surface area contributed by atoms with Crippen LogP contribution in [0.15, 0.2) is 21.2 Å². The van der Waals surface area contributed by atoms with Crippen LogP contribution < -0.4 is 5.32 Å². The quantitative estimate of drug-likeness (QED) is 0.815. The van der Waals surface area contributed by atoms with Crippen molar-refractivity contribution in [3.8, 4) is 0 Å². The summed E-state index contributed by atoms with van der Waals surface area (Å²) >= 11 is 6.90. The maximum Gasteiger partial charge on any atom is 0.0684 e. The predicted molar refractivity (Wildman–Crippen MR) is 74.9 cm³/mol. The molecular formula is C12H16Br2N2O. The van der Waals surface area contributed by atoms with E-state index in [2.05, 4.69) is 42.2 Å². The van der Waals surface area contributed by atoms with Crippen LogP contribution in [0.1, 0.15) is 25.0 Å². The first-order chi connectivity index (χ1) is 8.25. The van der Waals surface area contributed by atoms with E-state index in [9.17, 15) is 0 Å². The molecule has 0 radical (unpaired) electrons. The summed E-state index contributed by atoms with van der Waals surface area (Å²) in [6.45, 7) is 2.71. The van der Waals surface area contributed by atoms with Gasteiger partial charge < -0.3 is 10.1 Å². The van der Waals surface area contributed by atoms with E-state index in [4.69, 9.17) is 4.74 Å². The molecule has 0 amide bonds. The Kier molecular flexibility index (Phi) is 5.41. The van der Waals surface area contributed by atoms with Crippen molar-refractivity contribution >= 4 is 31.9 Å². The Morgan fingerprint density at radius 2 is 2.35 bits per heavy atom. The number of nitrogens with one attached hydrogen (secondary N) is 1. The molecule has 0 aromatic carbocycles. The summed E-state index contributed by atoms with van der Waals surface area (Å²) in [7, 11) is 0. The molecule has 3 nitrogen and oxygen atoms in total. The summed E-state index contributed by atoms with van der Waals surface area (Å²) in [5.74, 6) is 0. The summed E-state index contributed by atoms with van der Waals surface area (Å²) in [5, 5.41) is 3.40. The molecule has 94 valence electrons. The first-order valence-corrected chi connectivity index (χ1v) is 7.46. The minimum absolute atomic E-state index is 0.462. The van der Waals surface area contributed by atoms with Crippen molar-refractivity contribution in [2.75, 3.05) is 13.2 Å². The van der Waals surface area contributed by atoms with Crippen LogP contribution in [0.3, 0.4) is 0 Å². The average Bonchev–Trinajstić information content (AvgIpc) is 2.79. The molecule has 1 aliphatic heterocycles.